The van der Waals surface area contributed by atoms with Gasteiger partial charge in [-0.3, -0.25) is 0 Å². The molecule has 7 heteroatoms. The average molecular weight is 352 g/mol. The molecule has 0 aliphatic rings. The molecule has 0 saturated carbocycles. The summed E-state index contributed by atoms with van der Waals surface area (Å²) in [6.45, 7) is 2.77. The van der Waals surface area contributed by atoms with Crippen LogP contribution in [-0.2, 0) is 10.0 Å². The lowest BCUT2D eigenvalue weighted by molar-refractivity contribution is 0.332. The zero-order valence-electron chi connectivity index (χ0n) is 13.9. The van der Waals surface area contributed by atoms with E-state index in [-0.39, 0.29) is 10.7 Å². The van der Waals surface area contributed by atoms with E-state index in [1.807, 2.05) is 6.92 Å². The molecule has 0 unspecified atom stereocenters. The SMILES string of the molecule is Cc1cc(F)ccc1NCCOc1ccc(S(=O)(=O)N(C)C)cc1. The maximum Gasteiger partial charge on any atom is 0.242 e. The third-order valence-electron chi connectivity index (χ3n) is 3.48. The summed E-state index contributed by atoms with van der Waals surface area (Å²) in [5.41, 5.74) is 1.68. The standard InChI is InChI=1S/C17H21FN2O3S/c1-13-12-14(18)4-9-17(13)19-10-11-23-15-5-7-16(8-6-15)24(21,22)20(2)3/h4-9,12,19H,10-11H2,1-3H3. The molecule has 0 saturated heterocycles. The lowest BCUT2D eigenvalue weighted by atomic mass is 10.2. The second-order valence-corrected chi connectivity index (χ2v) is 7.65. The Bertz CT molecular complexity index is 790. The molecule has 0 bridgehead atoms. The second-order valence-electron chi connectivity index (χ2n) is 5.49. The van der Waals surface area contributed by atoms with Crippen LogP contribution >= 0.6 is 0 Å². The number of halogens is 1. The number of hydrogen-bond acceptors (Lipinski definition) is 4. The fourth-order valence-corrected chi connectivity index (χ4v) is 3.00. The van der Waals surface area contributed by atoms with Crippen LogP contribution in [0.3, 0.4) is 0 Å². The molecule has 5 nitrogen and oxygen atoms in total. The predicted molar refractivity (Wildman–Crippen MR) is 92.4 cm³/mol. The monoisotopic (exact) mass is 352 g/mol. The number of hydrogen-bond donors (Lipinski definition) is 1. The van der Waals surface area contributed by atoms with Crippen molar-refractivity contribution >= 4 is 15.7 Å². The minimum absolute atomic E-state index is 0.222. The molecule has 130 valence electrons. The number of sulfonamides is 1. The first kappa shape index (κ1) is 18.2. The van der Waals surface area contributed by atoms with Gasteiger partial charge in [0.25, 0.3) is 0 Å². The van der Waals surface area contributed by atoms with Crippen LogP contribution in [0.15, 0.2) is 47.4 Å². The summed E-state index contributed by atoms with van der Waals surface area (Å²) in [7, 11) is -0.450. The molecule has 1 N–H and O–H groups in total. The molecule has 0 radical (unpaired) electrons. The molecule has 0 aromatic heterocycles. The maximum absolute atomic E-state index is 13.0. The summed E-state index contributed by atoms with van der Waals surface area (Å²) in [5.74, 6) is 0.326. The molecule has 0 atom stereocenters. The number of benzene rings is 2. The van der Waals surface area contributed by atoms with Gasteiger partial charge >= 0.3 is 0 Å². The Morgan fingerprint density at radius 2 is 1.79 bits per heavy atom. The molecule has 0 amide bonds. The molecule has 2 rings (SSSR count). The van der Waals surface area contributed by atoms with Gasteiger partial charge < -0.3 is 10.1 Å². The van der Waals surface area contributed by atoms with Gasteiger partial charge in [0.15, 0.2) is 0 Å². The van der Waals surface area contributed by atoms with Gasteiger partial charge in [-0.25, -0.2) is 17.1 Å². The summed E-state index contributed by atoms with van der Waals surface area (Å²) in [5, 5.41) is 3.17. The summed E-state index contributed by atoms with van der Waals surface area (Å²) >= 11 is 0. The summed E-state index contributed by atoms with van der Waals surface area (Å²) < 4.78 is 43.7. The minimum Gasteiger partial charge on any atom is -0.492 e. The molecule has 2 aromatic carbocycles. The van der Waals surface area contributed by atoms with Crippen LogP contribution in [-0.4, -0.2) is 40.0 Å². The first-order valence-electron chi connectivity index (χ1n) is 7.46. The number of nitrogens with one attached hydrogen (secondary N) is 1. The average Bonchev–Trinajstić information content (AvgIpc) is 2.53. The van der Waals surface area contributed by atoms with Crippen LogP contribution in [0.1, 0.15) is 5.56 Å². The van der Waals surface area contributed by atoms with Crippen molar-refractivity contribution < 1.29 is 17.5 Å². The number of rotatable bonds is 7. The molecule has 0 aliphatic carbocycles. The Kier molecular flexibility index (Phi) is 5.80. The third-order valence-corrected chi connectivity index (χ3v) is 5.31. The van der Waals surface area contributed by atoms with E-state index in [4.69, 9.17) is 4.74 Å². The van der Waals surface area contributed by atoms with Gasteiger partial charge in [0, 0.05) is 26.3 Å². The maximum atomic E-state index is 13.0. The largest absolute Gasteiger partial charge is 0.492 e. The lowest BCUT2D eigenvalue weighted by Gasteiger charge is -2.13. The van der Waals surface area contributed by atoms with Crippen LogP contribution in [0.4, 0.5) is 10.1 Å². The number of aryl methyl sites for hydroxylation is 1. The van der Waals surface area contributed by atoms with Gasteiger partial charge in [-0.2, -0.15) is 0 Å². The first-order chi connectivity index (χ1) is 11.3. The Balaban J connectivity index is 1.87. The Hall–Kier alpha value is -2.12. The van der Waals surface area contributed by atoms with Crippen LogP contribution < -0.4 is 10.1 Å². The summed E-state index contributed by atoms with van der Waals surface area (Å²) in [4.78, 5) is 0.222. The normalized spacial score (nSPS) is 11.5. The minimum atomic E-state index is -3.43. The second kappa shape index (κ2) is 7.63. The van der Waals surface area contributed by atoms with E-state index < -0.39 is 10.0 Å². The van der Waals surface area contributed by atoms with E-state index in [2.05, 4.69) is 5.32 Å². The molecule has 24 heavy (non-hydrogen) atoms. The van der Waals surface area contributed by atoms with Crippen LogP contribution in [0.25, 0.3) is 0 Å². The van der Waals surface area contributed by atoms with Crippen molar-refractivity contribution in [1.82, 2.24) is 4.31 Å². The van der Waals surface area contributed by atoms with E-state index in [0.717, 1.165) is 15.6 Å². The fraction of sp³-hybridized carbons (Fsp3) is 0.294. The van der Waals surface area contributed by atoms with Gasteiger partial charge in [0.1, 0.15) is 18.2 Å². The highest BCUT2D eigenvalue weighted by Gasteiger charge is 2.16. The van der Waals surface area contributed by atoms with E-state index in [0.29, 0.717) is 18.9 Å². The van der Waals surface area contributed by atoms with Crippen LogP contribution in [0, 0.1) is 12.7 Å². The van der Waals surface area contributed by atoms with Crippen LogP contribution in [0.5, 0.6) is 5.75 Å². The number of ether oxygens (including phenoxy) is 1. The van der Waals surface area contributed by atoms with Crippen molar-refractivity contribution in [3.05, 3.63) is 53.8 Å². The zero-order valence-corrected chi connectivity index (χ0v) is 14.7. The molecule has 0 fully saturated rings. The molecule has 0 aliphatic heterocycles. The van der Waals surface area contributed by atoms with E-state index in [1.54, 1.807) is 18.2 Å². The summed E-state index contributed by atoms with van der Waals surface area (Å²) in [6.07, 6.45) is 0. The van der Waals surface area contributed by atoms with Gasteiger partial charge in [-0.05, 0) is 55.0 Å². The van der Waals surface area contributed by atoms with Crippen molar-refractivity contribution in [2.24, 2.45) is 0 Å². The topological polar surface area (TPSA) is 58.6 Å². The van der Waals surface area contributed by atoms with Crippen molar-refractivity contribution in [3.63, 3.8) is 0 Å². The molecular weight excluding hydrogens is 331 g/mol. The van der Waals surface area contributed by atoms with Crippen molar-refractivity contribution in [2.45, 2.75) is 11.8 Å². The Morgan fingerprint density at radius 1 is 1.12 bits per heavy atom. The Labute approximate surface area is 142 Å². The third kappa shape index (κ3) is 4.46. The predicted octanol–water partition coefficient (Wildman–Crippen LogP) is 2.88. The summed E-state index contributed by atoms with van der Waals surface area (Å²) in [6, 6.07) is 10.8. The number of nitrogens with zero attached hydrogens (tertiary/aromatic N) is 1. The quantitative estimate of drug-likeness (QED) is 0.779. The van der Waals surface area contributed by atoms with Gasteiger partial charge in [0.05, 0.1) is 4.90 Å². The van der Waals surface area contributed by atoms with Crippen molar-refractivity contribution in [3.8, 4) is 5.75 Å². The number of anilines is 1. The smallest absolute Gasteiger partial charge is 0.242 e. The first-order valence-corrected chi connectivity index (χ1v) is 8.90. The van der Waals surface area contributed by atoms with E-state index >= 15 is 0 Å². The van der Waals surface area contributed by atoms with Gasteiger partial charge in [-0.1, -0.05) is 0 Å². The highest BCUT2D eigenvalue weighted by molar-refractivity contribution is 7.89. The van der Waals surface area contributed by atoms with Gasteiger partial charge in [0.2, 0.25) is 10.0 Å². The Morgan fingerprint density at radius 3 is 2.38 bits per heavy atom. The molecule has 0 heterocycles. The molecular formula is C17H21FN2O3S. The van der Waals surface area contributed by atoms with Gasteiger partial charge in [-0.15, -0.1) is 0 Å². The fourth-order valence-electron chi connectivity index (χ4n) is 2.10. The lowest BCUT2D eigenvalue weighted by Crippen LogP contribution is -2.22. The van der Waals surface area contributed by atoms with E-state index in [1.165, 1.54) is 38.4 Å². The van der Waals surface area contributed by atoms with Crippen molar-refractivity contribution in [1.29, 1.82) is 0 Å². The van der Waals surface area contributed by atoms with Crippen molar-refractivity contribution in [2.75, 3.05) is 32.6 Å². The van der Waals surface area contributed by atoms with E-state index in [9.17, 15) is 12.8 Å². The molecule has 0 spiro atoms. The zero-order chi connectivity index (χ0) is 17.7. The highest BCUT2D eigenvalue weighted by atomic mass is 32.2. The van der Waals surface area contributed by atoms with Crippen LogP contribution in [0.2, 0.25) is 0 Å². The highest BCUT2D eigenvalue weighted by Crippen LogP contribution is 2.18. The molecule has 2 aromatic rings.